The van der Waals surface area contributed by atoms with Gasteiger partial charge in [-0.1, -0.05) is 30.3 Å². The van der Waals surface area contributed by atoms with E-state index in [0.29, 0.717) is 0 Å². The molecular weight excluding hydrogens is 300 g/mol. The van der Waals surface area contributed by atoms with Crippen LogP contribution >= 0.6 is 0 Å². The van der Waals surface area contributed by atoms with Gasteiger partial charge in [0.1, 0.15) is 13.2 Å². The maximum atomic E-state index is 5.90. The summed E-state index contributed by atoms with van der Waals surface area (Å²) in [6, 6.07) is 16.5. The van der Waals surface area contributed by atoms with E-state index >= 15 is 0 Å². The normalized spacial score (nSPS) is 15.3. The average Bonchev–Trinajstić information content (AvgIpc) is 2.63. The van der Waals surface area contributed by atoms with E-state index in [2.05, 4.69) is 36.1 Å². The van der Waals surface area contributed by atoms with Crippen LogP contribution in [0.25, 0.3) is 0 Å². The van der Waals surface area contributed by atoms with Crippen LogP contribution < -0.4 is 19.3 Å². The molecule has 128 valence electrons. The summed E-state index contributed by atoms with van der Waals surface area (Å²) in [5.74, 6) is 1.63. The summed E-state index contributed by atoms with van der Waals surface area (Å²) in [5.41, 5.74) is 2.74. The van der Waals surface area contributed by atoms with Gasteiger partial charge in [0.15, 0.2) is 11.5 Å². The molecule has 0 unspecified atom stereocenters. The van der Waals surface area contributed by atoms with Crippen LogP contribution in [0, 0.1) is 6.92 Å². The average molecular weight is 327 g/mol. The summed E-state index contributed by atoms with van der Waals surface area (Å²) in [5, 5.41) is 0. The van der Waals surface area contributed by atoms with Crippen LogP contribution in [0.4, 0.5) is 5.69 Å². The van der Waals surface area contributed by atoms with Gasteiger partial charge in [0.05, 0.1) is 33.3 Å². The SMILES string of the molecule is COc1ccccc1OCC[NH+]1CCN(c2ccccc2C)CC1. The van der Waals surface area contributed by atoms with Crippen LogP contribution in [0.3, 0.4) is 0 Å². The molecule has 1 fully saturated rings. The number of hydrogen-bond acceptors (Lipinski definition) is 3. The summed E-state index contributed by atoms with van der Waals surface area (Å²) in [6.07, 6.45) is 0. The molecule has 4 nitrogen and oxygen atoms in total. The molecule has 24 heavy (non-hydrogen) atoms. The Morgan fingerprint density at radius 1 is 0.958 bits per heavy atom. The predicted molar refractivity (Wildman–Crippen MR) is 97.4 cm³/mol. The van der Waals surface area contributed by atoms with Crippen LogP contribution in [0.2, 0.25) is 0 Å². The number of aryl methyl sites for hydroxylation is 1. The number of nitrogens with zero attached hydrogens (tertiary/aromatic N) is 1. The Bertz CT molecular complexity index is 652. The molecule has 0 aliphatic carbocycles. The van der Waals surface area contributed by atoms with E-state index in [4.69, 9.17) is 9.47 Å². The molecule has 0 spiro atoms. The predicted octanol–water partition coefficient (Wildman–Crippen LogP) is 1.79. The molecule has 0 amide bonds. The number of methoxy groups -OCH3 is 1. The molecule has 4 heteroatoms. The highest BCUT2D eigenvalue weighted by atomic mass is 16.5. The number of rotatable bonds is 6. The molecule has 0 radical (unpaired) electrons. The zero-order valence-electron chi connectivity index (χ0n) is 14.6. The Morgan fingerprint density at radius 3 is 2.33 bits per heavy atom. The number of hydrogen-bond donors (Lipinski definition) is 1. The molecule has 2 aromatic carbocycles. The van der Waals surface area contributed by atoms with Crippen molar-refractivity contribution in [3.63, 3.8) is 0 Å². The van der Waals surface area contributed by atoms with Gasteiger partial charge in [0, 0.05) is 5.69 Å². The van der Waals surface area contributed by atoms with Crippen molar-refractivity contribution in [2.75, 3.05) is 51.3 Å². The molecule has 0 atom stereocenters. The number of para-hydroxylation sites is 3. The first-order valence-corrected chi connectivity index (χ1v) is 8.68. The van der Waals surface area contributed by atoms with Gasteiger partial charge >= 0.3 is 0 Å². The minimum Gasteiger partial charge on any atom is -0.493 e. The van der Waals surface area contributed by atoms with Gasteiger partial charge in [-0.25, -0.2) is 0 Å². The van der Waals surface area contributed by atoms with Gasteiger partial charge in [0.25, 0.3) is 0 Å². The number of quaternary nitrogens is 1. The van der Waals surface area contributed by atoms with E-state index in [1.807, 2.05) is 24.3 Å². The molecule has 2 aromatic rings. The van der Waals surface area contributed by atoms with Gasteiger partial charge in [0.2, 0.25) is 0 Å². The number of ether oxygens (including phenoxy) is 2. The van der Waals surface area contributed by atoms with E-state index < -0.39 is 0 Å². The number of benzene rings is 2. The molecule has 0 aromatic heterocycles. The van der Waals surface area contributed by atoms with E-state index in [1.165, 1.54) is 11.3 Å². The van der Waals surface area contributed by atoms with E-state index in [1.54, 1.807) is 12.0 Å². The van der Waals surface area contributed by atoms with Crippen LogP contribution in [-0.2, 0) is 0 Å². The van der Waals surface area contributed by atoms with Crippen molar-refractivity contribution in [3.05, 3.63) is 54.1 Å². The molecule has 3 rings (SSSR count). The fourth-order valence-electron chi connectivity index (χ4n) is 3.28. The van der Waals surface area contributed by atoms with Crippen molar-refractivity contribution in [2.24, 2.45) is 0 Å². The van der Waals surface area contributed by atoms with E-state index in [9.17, 15) is 0 Å². The fourth-order valence-corrected chi connectivity index (χ4v) is 3.28. The number of nitrogens with one attached hydrogen (secondary N) is 1. The maximum absolute atomic E-state index is 5.90. The molecule has 1 aliphatic rings. The lowest BCUT2D eigenvalue weighted by atomic mass is 10.1. The molecule has 1 heterocycles. The first-order chi connectivity index (χ1) is 11.8. The Morgan fingerprint density at radius 2 is 1.62 bits per heavy atom. The molecule has 0 bridgehead atoms. The second kappa shape index (κ2) is 8.06. The molecule has 0 saturated carbocycles. The third-order valence-electron chi connectivity index (χ3n) is 4.71. The Hall–Kier alpha value is -2.20. The molecular formula is C20H27N2O2+. The Labute approximate surface area is 144 Å². The number of piperazine rings is 1. The third kappa shape index (κ3) is 4.01. The van der Waals surface area contributed by atoms with Gasteiger partial charge < -0.3 is 19.3 Å². The van der Waals surface area contributed by atoms with Crippen molar-refractivity contribution in [2.45, 2.75) is 6.92 Å². The second-order valence-electron chi connectivity index (χ2n) is 6.27. The quantitative estimate of drug-likeness (QED) is 0.876. The zero-order valence-corrected chi connectivity index (χ0v) is 14.6. The second-order valence-corrected chi connectivity index (χ2v) is 6.27. The minimum absolute atomic E-state index is 0.722. The van der Waals surface area contributed by atoms with Gasteiger partial charge in [-0.05, 0) is 30.7 Å². The Balaban J connectivity index is 1.45. The highest BCUT2D eigenvalue weighted by Gasteiger charge is 2.20. The van der Waals surface area contributed by atoms with Crippen LogP contribution in [-0.4, -0.2) is 46.4 Å². The van der Waals surface area contributed by atoms with E-state index in [0.717, 1.165) is 50.8 Å². The zero-order chi connectivity index (χ0) is 16.8. The summed E-state index contributed by atoms with van der Waals surface area (Å²) >= 11 is 0. The molecule has 1 aliphatic heterocycles. The van der Waals surface area contributed by atoms with Gasteiger partial charge in [-0.15, -0.1) is 0 Å². The summed E-state index contributed by atoms with van der Waals surface area (Å²) in [7, 11) is 1.68. The van der Waals surface area contributed by atoms with Gasteiger partial charge in [-0.2, -0.15) is 0 Å². The topological polar surface area (TPSA) is 26.1 Å². The van der Waals surface area contributed by atoms with Gasteiger partial charge in [-0.3, -0.25) is 0 Å². The maximum Gasteiger partial charge on any atom is 0.161 e. The first-order valence-electron chi connectivity index (χ1n) is 8.68. The third-order valence-corrected chi connectivity index (χ3v) is 4.71. The van der Waals surface area contributed by atoms with Crippen LogP contribution in [0.1, 0.15) is 5.56 Å². The minimum atomic E-state index is 0.722. The smallest absolute Gasteiger partial charge is 0.161 e. The summed E-state index contributed by atoms with van der Waals surface area (Å²) < 4.78 is 11.2. The van der Waals surface area contributed by atoms with Crippen LogP contribution in [0.15, 0.2) is 48.5 Å². The highest BCUT2D eigenvalue weighted by molar-refractivity contribution is 5.53. The lowest BCUT2D eigenvalue weighted by Crippen LogP contribution is -3.15. The van der Waals surface area contributed by atoms with Crippen molar-refractivity contribution >= 4 is 5.69 Å². The number of anilines is 1. The van der Waals surface area contributed by atoms with Crippen molar-refractivity contribution in [1.29, 1.82) is 0 Å². The van der Waals surface area contributed by atoms with Crippen molar-refractivity contribution < 1.29 is 14.4 Å². The monoisotopic (exact) mass is 327 g/mol. The summed E-state index contributed by atoms with van der Waals surface area (Å²) in [6.45, 7) is 8.46. The van der Waals surface area contributed by atoms with Crippen LogP contribution in [0.5, 0.6) is 11.5 Å². The first kappa shape index (κ1) is 16.7. The highest BCUT2D eigenvalue weighted by Crippen LogP contribution is 2.25. The largest absolute Gasteiger partial charge is 0.493 e. The Kier molecular flexibility index (Phi) is 5.59. The summed E-state index contributed by atoms with van der Waals surface area (Å²) in [4.78, 5) is 4.11. The lowest BCUT2D eigenvalue weighted by molar-refractivity contribution is -0.900. The van der Waals surface area contributed by atoms with Crippen molar-refractivity contribution in [3.8, 4) is 11.5 Å². The molecule has 1 N–H and O–H groups in total. The lowest BCUT2D eigenvalue weighted by Gasteiger charge is -2.34. The van der Waals surface area contributed by atoms with E-state index in [-0.39, 0.29) is 0 Å². The van der Waals surface area contributed by atoms with Crippen molar-refractivity contribution in [1.82, 2.24) is 0 Å². The molecule has 1 saturated heterocycles. The standard InChI is InChI=1S/C20H26N2O2/c1-17-7-3-4-8-18(17)22-13-11-21(12-14-22)15-16-24-20-10-6-5-9-19(20)23-2/h3-10H,11-16H2,1-2H3/p+1. The fraction of sp³-hybridized carbons (Fsp3) is 0.400.